The van der Waals surface area contributed by atoms with Crippen LogP contribution < -0.4 is 16.0 Å². The number of amides is 3. The fraction of sp³-hybridized carbons (Fsp3) is 0.619. The van der Waals surface area contributed by atoms with Gasteiger partial charge in [-0.15, -0.1) is 0 Å². The maximum atomic E-state index is 12.9. The fourth-order valence-corrected chi connectivity index (χ4v) is 4.07. The summed E-state index contributed by atoms with van der Waals surface area (Å²) in [6, 6.07) is 10.1. The molecule has 1 aromatic rings. The van der Waals surface area contributed by atoms with Crippen molar-refractivity contribution in [3.05, 3.63) is 35.9 Å². The number of urea groups is 1. The highest BCUT2D eigenvalue weighted by atomic mass is 16.5. The Bertz CT molecular complexity index is 646. The van der Waals surface area contributed by atoms with Crippen molar-refractivity contribution in [2.45, 2.75) is 50.8 Å². The summed E-state index contributed by atoms with van der Waals surface area (Å²) >= 11 is 0. The Morgan fingerprint density at radius 2 is 1.93 bits per heavy atom. The third-order valence-electron chi connectivity index (χ3n) is 5.54. The summed E-state index contributed by atoms with van der Waals surface area (Å²) in [5.41, 5.74) is 0.487. The highest BCUT2D eigenvalue weighted by Gasteiger charge is 2.42. The van der Waals surface area contributed by atoms with Crippen molar-refractivity contribution in [3.8, 4) is 0 Å². The summed E-state index contributed by atoms with van der Waals surface area (Å²) in [4.78, 5) is 27.3. The molecule has 1 heterocycles. The number of rotatable bonds is 7. The zero-order valence-electron chi connectivity index (χ0n) is 16.7. The SMILES string of the molecule is CCNC(=O)NC1(C(=O)NCC2CN(Cc3ccccc3)CCO2)CCCC1. The van der Waals surface area contributed by atoms with Crippen molar-refractivity contribution in [1.82, 2.24) is 20.9 Å². The minimum atomic E-state index is -0.794. The second-order valence-corrected chi connectivity index (χ2v) is 7.70. The average Bonchev–Trinajstić information content (AvgIpc) is 3.17. The van der Waals surface area contributed by atoms with Crippen LogP contribution in [-0.2, 0) is 16.1 Å². The molecule has 28 heavy (non-hydrogen) atoms. The van der Waals surface area contributed by atoms with Gasteiger partial charge < -0.3 is 20.7 Å². The van der Waals surface area contributed by atoms with Crippen LogP contribution in [0.4, 0.5) is 4.79 Å². The van der Waals surface area contributed by atoms with Crippen LogP contribution in [0, 0.1) is 0 Å². The van der Waals surface area contributed by atoms with Gasteiger partial charge in [-0.2, -0.15) is 0 Å². The standard InChI is InChI=1S/C21H32N4O3/c1-2-22-20(27)24-21(10-6-7-11-21)19(26)23-14-18-16-25(12-13-28-18)15-17-8-4-3-5-9-17/h3-5,8-9,18H,2,6-7,10-16H2,1H3,(H,23,26)(H2,22,24,27). The fourth-order valence-electron chi connectivity index (χ4n) is 4.07. The second-order valence-electron chi connectivity index (χ2n) is 7.70. The molecule has 7 heteroatoms. The normalized spacial score (nSPS) is 21.8. The van der Waals surface area contributed by atoms with Gasteiger partial charge in [0.25, 0.3) is 0 Å². The van der Waals surface area contributed by atoms with Crippen LogP contribution in [0.2, 0.25) is 0 Å². The molecule has 7 nitrogen and oxygen atoms in total. The minimum absolute atomic E-state index is 0.0377. The Morgan fingerprint density at radius 3 is 2.64 bits per heavy atom. The van der Waals surface area contributed by atoms with Gasteiger partial charge in [-0.25, -0.2) is 4.79 Å². The maximum Gasteiger partial charge on any atom is 0.315 e. The van der Waals surface area contributed by atoms with Crippen LogP contribution in [0.3, 0.4) is 0 Å². The predicted molar refractivity (Wildman–Crippen MR) is 108 cm³/mol. The predicted octanol–water partition coefficient (Wildman–Crippen LogP) is 1.64. The number of benzene rings is 1. The van der Waals surface area contributed by atoms with Gasteiger partial charge in [-0.1, -0.05) is 43.2 Å². The molecule has 1 aliphatic heterocycles. The van der Waals surface area contributed by atoms with Gasteiger partial charge in [0.1, 0.15) is 5.54 Å². The highest BCUT2D eigenvalue weighted by molar-refractivity contribution is 5.91. The molecule has 1 aromatic carbocycles. The molecule has 1 unspecified atom stereocenters. The van der Waals surface area contributed by atoms with Crippen LogP contribution in [-0.4, -0.2) is 61.3 Å². The summed E-state index contributed by atoms with van der Waals surface area (Å²) in [5, 5.41) is 8.67. The topological polar surface area (TPSA) is 82.7 Å². The summed E-state index contributed by atoms with van der Waals surface area (Å²) < 4.78 is 5.86. The third-order valence-corrected chi connectivity index (χ3v) is 5.54. The Hall–Kier alpha value is -2.12. The summed E-state index contributed by atoms with van der Waals surface area (Å²) in [7, 11) is 0. The second kappa shape index (κ2) is 9.89. The molecule has 154 valence electrons. The first-order chi connectivity index (χ1) is 13.6. The molecule has 1 saturated heterocycles. The van der Waals surface area contributed by atoms with Crippen molar-refractivity contribution in [3.63, 3.8) is 0 Å². The van der Waals surface area contributed by atoms with Crippen molar-refractivity contribution in [2.24, 2.45) is 0 Å². The van der Waals surface area contributed by atoms with E-state index in [9.17, 15) is 9.59 Å². The van der Waals surface area contributed by atoms with E-state index in [1.54, 1.807) is 0 Å². The molecule has 0 radical (unpaired) electrons. The van der Waals surface area contributed by atoms with E-state index in [0.717, 1.165) is 32.5 Å². The van der Waals surface area contributed by atoms with Crippen LogP contribution >= 0.6 is 0 Å². The summed E-state index contributed by atoms with van der Waals surface area (Å²) in [6.07, 6.45) is 3.22. The van der Waals surface area contributed by atoms with Gasteiger partial charge in [-0.3, -0.25) is 9.69 Å². The molecule has 0 aromatic heterocycles. The smallest absolute Gasteiger partial charge is 0.315 e. The molecule has 2 aliphatic rings. The molecule has 1 aliphatic carbocycles. The molecule has 0 bridgehead atoms. The van der Waals surface area contributed by atoms with Crippen LogP contribution in [0.5, 0.6) is 0 Å². The first kappa shape index (κ1) is 20.6. The van der Waals surface area contributed by atoms with Crippen molar-refractivity contribution in [2.75, 3.05) is 32.8 Å². The minimum Gasteiger partial charge on any atom is -0.374 e. The molecule has 3 N–H and O–H groups in total. The number of carbonyl (C=O) groups excluding carboxylic acids is 2. The first-order valence-electron chi connectivity index (χ1n) is 10.3. The van der Waals surface area contributed by atoms with E-state index in [0.29, 0.717) is 32.5 Å². The van der Waals surface area contributed by atoms with E-state index in [1.807, 2.05) is 13.0 Å². The van der Waals surface area contributed by atoms with Gasteiger partial charge in [0, 0.05) is 32.7 Å². The van der Waals surface area contributed by atoms with Crippen LogP contribution in [0.1, 0.15) is 38.2 Å². The van der Waals surface area contributed by atoms with E-state index in [1.165, 1.54) is 5.56 Å². The molecular formula is C21H32N4O3. The molecule has 1 atom stereocenters. The summed E-state index contributed by atoms with van der Waals surface area (Å²) in [6.45, 7) is 6.09. The lowest BCUT2D eigenvalue weighted by molar-refractivity contribution is -0.128. The number of nitrogens with zero attached hydrogens (tertiary/aromatic N) is 1. The average molecular weight is 389 g/mol. The van der Waals surface area contributed by atoms with Crippen molar-refractivity contribution >= 4 is 11.9 Å². The third kappa shape index (κ3) is 5.45. The monoisotopic (exact) mass is 388 g/mol. The quantitative estimate of drug-likeness (QED) is 0.663. The van der Waals surface area contributed by atoms with Gasteiger partial charge in [0.15, 0.2) is 0 Å². The molecule has 0 spiro atoms. The lowest BCUT2D eigenvalue weighted by atomic mass is 9.96. The molecular weight excluding hydrogens is 356 g/mol. The number of nitrogens with one attached hydrogen (secondary N) is 3. The summed E-state index contributed by atoms with van der Waals surface area (Å²) in [5.74, 6) is -0.0972. The lowest BCUT2D eigenvalue weighted by Gasteiger charge is -2.34. The number of carbonyl (C=O) groups is 2. The highest BCUT2D eigenvalue weighted by Crippen LogP contribution is 2.30. The van der Waals surface area contributed by atoms with E-state index >= 15 is 0 Å². The van der Waals surface area contributed by atoms with Crippen molar-refractivity contribution < 1.29 is 14.3 Å². The van der Waals surface area contributed by atoms with E-state index in [-0.39, 0.29) is 18.0 Å². The van der Waals surface area contributed by atoms with E-state index in [4.69, 9.17) is 4.74 Å². The zero-order valence-corrected chi connectivity index (χ0v) is 16.7. The molecule has 1 saturated carbocycles. The Labute approximate surface area is 167 Å². The number of hydrogen-bond acceptors (Lipinski definition) is 4. The molecule has 3 rings (SSSR count). The number of hydrogen-bond donors (Lipinski definition) is 3. The molecule has 3 amide bonds. The maximum absolute atomic E-state index is 12.9. The van der Waals surface area contributed by atoms with Gasteiger partial charge in [0.05, 0.1) is 12.7 Å². The van der Waals surface area contributed by atoms with Gasteiger partial charge in [0.2, 0.25) is 5.91 Å². The van der Waals surface area contributed by atoms with Crippen LogP contribution in [0.15, 0.2) is 30.3 Å². The van der Waals surface area contributed by atoms with Gasteiger partial charge >= 0.3 is 6.03 Å². The Morgan fingerprint density at radius 1 is 1.18 bits per heavy atom. The number of morpholine rings is 1. The Kier molecular flexibility index (Phi) is 7.28. The molecule has 2 fully saturated rings. The largest absolute Gasteiger partial charge is 0.374 e. The van der Waals surface area contributed by atoms with Crippen molar-refractivity contribution in [1.29, 1.82) is 0 Å². The lowest BCUT2D eigenvalue weighted by Crippen LogP contribution is -2.60. The first-order valence-corrected chi connectivity index (χ1v) is 10.3. The Balaban J connectivity index is 1.50. The number of ether oxygens (including phenoxy) is 1. The van der Waals surface area contributed by atoms with E-state index < -0.39 is 5.54 Å². The van der Waals surface area contributed by atoms with Crippen LogP contribution in [0.25, 0.3) is 0 Å². The van der Waals surface area contributed by atoms with Gasteiger partial charge in [-0.05, 0) is 25.3 Å². The van der Waals surface area contributed by atoms with E-state index in [2.05, 4.69) is 45.1 Å². The zero-order chi connectivity index (χ0) is 19.8.